The van der Waals surface area contributed by atoms with Crippen molar-refractivity contribution in [3.8, 4) is 9.88 Å². The second-order valence-corrected chi connectivity index (χ2v) is 16.1. The number of hydrogen-bond donors (Lipinski definition) is 0. The zero-order chi connectivity index (χ0) is 36.5. The maximum atomic E-state index is 14.5. The van der Waals surface area contributed by atoms with Crippen molar-refractivity contribution >= 4 is 22.7 Å². The van der Waals surface area contributed by atoms with Gasteiger partial charge >= 0.3 is 0 Å². The quantitative estimate of drug-likeness (QED) is 0.0500. The van der Waals surface area contributed by atoms with Crippen LogP contribution in [-0.2, 0) is 17.3 Å². The standard InChI is InChI=1S/C41H51F6NS2/c1-6-9-10-11-12-13-14-15-16-17-18-19-20-33-38(41(5,8-3)28-25-31(44)37(47)32(45)26-28)50-39(48-33)34-21-22-35(49-34)40(4,7-2)27-23-29(42)36(46)30(43)24-27/h21-26H,6-20H2,1-5H3. The van der Waals surface area contributed by atoms with E-state index in [4.69, 9.17) is 4.98 Å². The number of thiazole rings is 1. The van der Waals surface area contributed by atoms with Crippen molar-refractivity contribution in [2.24, 2.45) is 0 Å². The first kappa shape index (κ1) is 40.1. The van der Waals surface area contributed by atoms with Gasteiger partial charge in [-0.15, -0.1) is 22.7 Å². The average Bonchev–Trinajstić information content (AvgIpc) is 3.77. The third-order valence-electron chi connectivity index (χ3n) is 10.5. The van der Waals surface area contributed by atoms with E-state index < -0.39 is 45.7 Å². The minimum atomic E-state index is -1.49. The van der Waals surface area contributed by atoms with Crippen LogP contribution in [0.4, 0.5) is 26.3 Å². The molecule has 50 heavy (non-hydrogen) atoms. The van der Waals surface area contributed by atoms with Crippen molar-refractivity contribution in [3.63, 3.8) is 0 Å². The first-order chi connectivity index (χ1) is 23.9. The summed E-state index contributed by atoms with van der Waals surface area (Å²) in [4.78, 5) is 7.69. The molecule has 0 aliphatic heterocycles. The molecular formula is C41H51F6NS2. The molecule has 0 N–H and O–H groups in total. The van der Waals surface area contributed by atoms with Crippen LogP contribution in [0.3, 0.4) is 0 Å². The van der Waals surface area contributed by atoms with E-state index in [1.165, 1.54) is 80.5 Å². The number of rotatable bonds is 20. The highest BCUT2D eigenvalue weighted by Gasteiger charge is 2.35. The van der Waals surface area contributed by atoms with Crippen molar-refractivity contribution in [1.29, 1.82) is 0 Å². The van der Waals surface area contributed by atoms with Gasteiger partial charge in [-0.2, -0.15) is 0 Å². The minimum Gasteiger partial charge on any atom is -0.240 e. The summed E-state index contributed by atoms with van der Waals surface area (Å²) in [6, 6.07) is 8.14. The lowest BCUT2D eigenvalue weighted by atomic mass is 9.77. The third kappa shape index (κ3) is 9.22. The predicted molar refractivity (Wildman–Crippen MR) is 196 cm³/mol. The molecule has 4 aromatic rings. The monoisotopic (exact) mass is 735 g/mol. The Bertz CT molecular complexity index is 1650. The van der Waals surface area contributed by atoms with Gasteiger partial charge in [-0.3, -0.25) is 0 Å². The molecule has 0 saturated carbocycles. The number of benzene rings is 2. The molecule has 2 unspecified atom stereocenters. The van der Waals surface area contributed by atoms with Crippen molar-refractivity contribution in [3.05, 3.63) is 97.9 Å². The minimum absolute atomic E-state index is 0.344. The van der Waals surface area contributed by atoms with E-state index in [2.05, 4.69) is 6.92 Å². The second kappa shape index (κ2) is 18.2. The average molecular weight is 736 g/mol. The van der Waals surface area contributed by atoms with Crippen molar-refractivity contribution in [2.45, 2.75) is 142 Å². The van der Waals surface area contributed by atoms with E-state index in [0.717, 1.165) is 68.9 Å². The number of aryl methyl sites for hydroxylation is 1. The highest BCUT2D eigenvalue weighted by molar-refractivity contribution is 7.22. The largest absolute Gasteiger partial charge is 0.240 e. The number of unbranched alkanes of at least 4 members (excludes halogenated alkanes) is 11. The van der Waals surface area contributed by atoms with Gasteiger partial charge in [0.15, 0.2) is 34.9 Å². The Morgan fingerprint density at radius 2 is 1.00 bits per heavy atom. The molecule has 4 rings (SSSR count). The first-order valence-electron chi connectivity index (χ1n) is 18.3. The van der Waals surface area contributed by atoms with Gasteiger partial charge < -0.3 is 0 Å². The van der Waals surface area contributed by atoms with Gasteiger partial charge in [-0.1, -0.05) is 105 Å². The summed E-state index contributed by atoms with van der Waals surface area (Å²) in [7, 11) is 0. The summed E-state index contributed by atoms with van der Waals surface area (Å²) in [5.41, 5.74) is -0.0388. The summed E-state index contributed by atoms with van der Waals surface area (Å²) in [6.07, 6.45) is 16.4. The lowest BCUT2D eigenvalue weighted by Gasteiger charge is -2.29. The predicted octanol–water partition coefficient (Wildman–Crippen LogP) is 14.4. The Morgan fingerprint density at radius 1 is 0.560 bits per heavy atom. The second-order valence-electron chi connectivity index (χ2n) is 14.0. The molecule has 0 amide bonds. The van der Waals surface area contributed by atoms with E-state index >= 15 is 0 Å². The maximum absolute atomic E-state index is 14.5. The van der Waals surface area contributed by atoms with Crippen molar-refractivity contribution in [1.82, 2.24) is 4.98 Å². The van der Waals surface area contributed by atoms with Crippen molar-refractivity contribution < 1.29 is 26.3 Å². The van der Waals surface area contributed by atoms with E-state index in [-0.39, 0.29) is 0 Å². The van der Waals surface area contributed by atoms with Crippen LogP contribution >= 0.6 is 22.7 Å². The molecule has 0 bridgehead atoms. The lowest BCUT2D eigenvalue weighted by Crippen LogP contribution is -2.24. The van der Waals surface area contributed by atoms with Gasteiger partial charge in [0.25, 0.3) is 0 Å². The number of nitrogens with zero attached hydrogens (tertiary/aromatic N) is 1. The highest BCUT2D eigenvalue weighted by Crippen LogP contribution is 2.47. The molecule has 0 fully saturated rings. The van der Waals surface area contributed by atoms with Gasteiger partial charge in [0, 0.05) is 20.6 Å². The fourth-order valence-corrected chi connectivity index (χ4v) is 9.36. The normalized spacial score (nSPS) is 14.2. The van der Waals surface area contributed by atoms with Crippen LogP contribution in [0.15, 0.2) is 36.4 Å². The SMILES string of the molecule is CCCCCCCCCCCCCCc1nc(-c2ccc(C(C)(CC)c3cc(F)c(F)c(F)c3)s2)sc1C(C)(CC)c1cc(F)c(F)c(F)c1. The topological polar surface area (TPSA) is 12.9 Å². The number of thiophene rings is 1. The summed E-state index contributed by atoms with van der Waals surface area (Å²) in [5, 5.41) is 0.739. The van der Waals surface area contributed by atoms with Crippen LogP contribution in [0.5, 0.6) is 0 Å². The summed E-state index contributed by atoms with van der Waals surface area (Å²) >= 11 is 2.92. The zero-order valence-electron chi connectivity index (χ0n) is 30.1. The van der Waals surface area contributed by atoms with Crippen LogP contribution in [-0.4, -0.2) is 4.98 Å². The number of hydrogen-bond acceptors (Lipinski definition) is 3. The molecule has 0 aliphatic carbocycles. The Labute approximate surface area is 302 Å². The fraction of sp³-hybridized carbons (Fsp3) is 0.537. The maximum Gasteiger partial charge on any atom is 0.194 e. The smallest absolute Gasteiger partial charge is 0.194 e. The molecule has 2 atom stereocenters. The molecule has 2 heterocycles. The Hall–Kier alpha value is -2.65. The van der Waals surface area contributed by atoms with Crippen LogP contribution < -0.4 is 0 Å². The Kier molecular flexibility index (Phi) is 14.6. The Morgan fingerprint density at radius 3 is 1.46 bits per heavy atom. The number of aromatic nitrogens is 1. The molecular weight excluding hydrogens is 685 g/mol. The first-order valence-corrected chi connectivity index (χ1v) is 19.9. The highest BCUT2D eigenvalue weighted by atomic mass is 32.1. The van der Waals surface area contributed by atoms with Gasteiger partial charge in [0.05, 0.1) is 10.6 Å². The van der Waals surface area contributed by atoms with Gasteiger partial charge in [-0.05, 0) is 73.2 Å². The molecule has 2 aromatic heterocycles. The molecule has 0 saturated heterocycles. The van der Waals surface area contributed by atoms with Gasteiger partial charge in [0.1, 0.15) is 5.01 Å². The van der Waals surface area contributed by atoms with E-state index in [1.807, 2.05) is 39.8 Å². The molecule has 0 aliphatic rings. The van der Waals surface area contributed by atoms with Crippen LogP contribution in [0.2, 0.25) is 0 Å². The Balaban J connectivity index is 1.58. The lowest BCUT2D eigenvalue weighted by molar-refractivity contribution is 0.437. The molecule has 0 radical (unpaired) electrons. The van der Waals surface area contributed by atoms with Crippen LogP contribution in [0.1, 0.15) is 151 Å². The molecule has 274 valence electrons. The van der Waals surface area contributed by atoms with E-state index in [9.17, 15) is 26.3 Å². The van der Waals surface area contributed by atoms with Gasteiger partial charge in [0.2, 0.25) is 0 Å². The molecule has 1 nitrogen and oxygen atoms in total. The molecule has 9 heteroatoms. The van der Waals surface area contributed by atoms with Crippen LogP contribution in [0, 0.1) is 34.9 Å². The zero-order valence-corrected chi connectivity index (χ0v) is 31.7. The van der Waals surface area contributed by atoms with Crippen molar-refractivity contribution in [2.75, 3.05) is 0 Å². The van der Waals surface area contributed by atoms with Crippen LogP contribution in [0.25, 0.3) is 9.88 Å². The molecule has 0 spiro atoms. The summed E-state index contributed by atoms with van der Waals surface area (Å²) < 4.78 is 85.4. The van der Waals surface area contributed by atoms with Gasteiger partial charge in [-0.25, -0.2) is 31.3 Å². The fourth-order valence-electron chi connectivity index (χ4n) is 6.71. The summed E-state index contributed by atoms with van der Waals surface area (Å²) in [6.45, 7) is 9.91. The molecule has 2 aromatic carbocycles. The van der Waals surface area contributed by atoms with E-state index in [1.54, 1.807) is 0 Å². The van der Waals surface area contributed by atoms with E-state index in [0.29, 0.717) is 30.4 Å². The number of halogens is 6. The summed E-state index contributed by atoms with van der Waals surface area (Å²) in [5.74, 6) is -7.87. The third-order valence-corrected chi connectivity index (χ3v) is 13.4.